The van der Waals surface area contributed by atoms with Crippen molar-refractivity contribution >= 4 is 23.6 Å². The van der Waals surface area contributed by atoms with Crippen molar-refractivity contribution in [2.75, 3.05) is 40.0 Å². The minimum Gasteiger partial charge on any atom is -0.491 e. The molecule has 3 aliphatic rings. The van der Waals surface area contributed by atoms with Crippen LogP contribution in [0.2, 0.25) is 0 Å². The fourth-order valence-corrected chi connectivity index (χ4v) is 5.00. The molecule has 3 N–H and O–H groups in total. The van der Waals surface area contributed by atoms with Gasteiger partial charge in [-0.15, -0.1) is 0 Å². The topological polar surface area (TPSA) is 109 Å². The first-order valence-corrected chi connectivity index (χ1v) is 12.4. The first-order valence-electron chi connectivity index (χ1n) is 12.1. The van der Waals surface area contributed by atoms with Crippen LogP contribution in [0.25, 0.3) is 0 Å². The molecule has 4 rings (SSSR count). The van der Waals surface area contributed by atoms with Crippen LogP contribution in [0.5, 0.6) is 5.75 Å². The van der Waals surface area contributed by atoms with Crippen LogP contribution in [-0.4, -0.2) is 74.2 Å². The molecule has 2 heterocycles. The molecule has 4 atom stereocenters. The zero-order valence-corrected chi connectivity index (χ0v) is 21.2. The summed E-state index contributed by atoms with van der Waals surface area (Å²) >= 11 is 6.29. The number of aliphatic hydroxyl groups is 1. The van der Waals surface area contributed by atoms with Crippen molar-refractivity contribution in [3.05, 3.63) is 64.4 Å². The number of rotatable bonds is 9. The van der Waals surface area contributed by atoms with Crippen LogP contribution < -0.4 is 15.4 Å². The lowest BCUT2D eigenvalue weighted by Crippen LogP contribution is -2.42. The van der Waals surface area contributed by atoms with Crippen molar-refractivity contribution in [3.63, 3.8) is 0 Å². The number of allylic oxidation sites excluding steroid dienone is 2. The summed E-state index contributed by atoms with van der Waals surface area (Å²) in [4.78, 5) is 26.1. The number of nitrogens with one attached hydrogen (secondary N) is 2. The van der Waals surface area contributed by atoms with E-state index >= 15 is 0 Å². The SMILES string of the molecule is CCOC(=O)N1CCC2=C(NC3C=CC(Cl)=CC23)C1c1ccc(OCC(O)CNC(=O)COC)cc1. The molecule has 0 aromatic heterocycles. The van der Waals surface area contributed by atoms with Gasteiger partial charge in [-0.2, -0.15) is 0 Å². The number of carbonyl (C=O) groups excluding carboxylic acids is 2. The maximum Gasteiger partial charge on any atom is 0.410 e. The molecule has 2 amide bonds. The summed E-state index contributed by atoms with van der Waals surface area (Å²) in [5.74, 6) is 0.430. The number of halogens is 1. The predicted octanol–water partition coefficient (Wildman–Crippen LogP) is 2.63. The molecule has 0 bridgehead atoms. The van der Waals surface area contributed by atoms with Gasteiger partial charge in [-0.25, -0.2) is 4.79 Å². The van der Waals surface area contributed by atoms with Gasteiger partial charge in [0.25, 0.3) is 0 Å². The lowest BCUT2D eigenvalue weighted by atomic mass is 9.85. The second kappa shape index (κ2) is 11.8. The highest BCUT2D eigenvalue weighted by molar-refractivity contribution is 6.31. The Morgan fingerprint density at radius 1 is 1.31 bits per heavy atom. The molecular formula is C26H32ClN3O6. The summed E-state index contributed by atoms with van der Waals surface area (Å²) in [6, 6.07) is 7.23. The number of nitrogens with zero attached hydrogens (tertiary/aromatic N) is 1. The summed E-state index contributed by atoms with van der Waals surface area (Å²) in [6.45, 7) is 2.66. The van der Waals surface area contributed by atoms with Gasteiger partial charge in [0.1, 0.15) is 31.1 Å². The van der Waals surface area contributed by atoms with Crippen LogP contribution in [-0.2, 0) is 14.3 Å². The molecule has 10 heteroatoms. The maximum absolute atomic E-state index is 12.8. The Hall–Kier alpha value is -3.01. The van der Waals surface area contributed by atoms with E-state index in [4.69, 9.17) is 25.8 Å². The number of benzene rings is 1. The van der Waals surface area contributed by atoms with Gasteiger partial charge in [-0.3, -0.25) is 9.69 Å². The third-order valence-electron chi connectivity index (χ3n) is 6.42. The highest BCUT2D eigenvalue weighted by Crippen LogP contribution is 2.44. The standard InChI is InChI=1S/C26H32ClN3O6/c1-3-35-26(33)30-11-10-20-21-12-17(27)6-9-22(21)29-24(20)25(30)16-4-7-19(8-5-16)36-14-18(31)13-28-23(32)15-34-2/h4-9,12,18,21-22,25,29,31H,3,10-11,13-15H2,1-2H3,(H,28,32). The van der Waals surface area contributed by atoms with Gasteiger partial charge in [0.15, 0.2) is 0 Å². The number of amides is 2. The lowest BCUT2D eigenvalue weighted by molar-refractivity contribution is -0.125. The quantitative estimate of drug-likeness (QED) is 0.462. The van der Waals surface area contributed by atoms with Crippen molar-refractivity contribution in [3.8, 4) is 5.75 Å². The summed E-state index contributed by atoms with van der Waals surface area (Å²) in [6.07, 6.45) is 5.56. The molecule has 4 unspecified atom stereocenters. The Labute approximate surface area is 215 Å². The van der Waals surface area contributed by atoms with Gasteiger partial charge < -0.3 is 30.0 Å². The van der Waals surface area contributed by atoms with E-state index in [2.05, 4.69) is 22.8 Å². The zero-order valence-electron chi connectivity index (χ0n) is 20.4. The van der Waals surface area contributed by atoms with Crippen LogP contribution in [0.1, 0.15) is 24.9 Å². The van der Waals surface area contributed by atoms with E-state index in [9.17, 15) is 14.7 Å². The van der Waals surface area contributed by atoms with E-state index in [0.29, 0.717) is 18.9 Å². The lowest BCUT2D eigenvalue weighted by Gasteiger charge is -2.37. The molecule has 2 aliphatic heterocycles. The van der Waals surface area contributed by atoms with Crippen molar-refractivity contribution in [1.82, 2.24) is 15.5 Å². The first kappa shape index (κ1) is 26.1. The Morgan fingerprint density at radius 3 is 2.81 bits per heavy atom. The minimum atomic E-state index is -0.866. The first-order chi connectivity index (χ1) is 17.4. The summed E-state index contributed by atoms with van der Waals surface area (Å²) in [7, 11) is 1.43. The van der Waals surface area contributed by atoms with E-state index < -0.39 is 6.10 Å². The Balaban J connectivity index is 1.48. The molecule has 9 nitrogen and oxygen atoms in total. The fourth-order valence-electron chi connectivity index (χ4n) is 4.80. The summed E-state index contributed by atoms with van der Waals surface area (Å²) in [5, 5.41) is 17.0. The number of hydrogen-bond acceptors (Lipinski definition) is 7. The molecular weight excluding hydrogens is 486 g/mol. The van der Waals surface area contributed by atoms with Crippen LogP contribution in [0.4, 0.5) is 4.79 Å². The Morgan fingerprint density at radius 2 is 2.08 bits per heavy atom. The normalized spacial score (nSPS) is 23.3. The van der Waals surface area contributed by atoms with Crippen LogP contribution in [0, 0.1) is 5.92 Å². The van der Waals surface area contributed by atoms with Gasteiger partial charge in [0.05, 0.1) is 12.6 Å². The molecule has 0 radical (unpaired) electrons. The van der Waals surface area contributed by atoms with Crippen LogP contribution in [0.3, 0.4) is 0 Å². The molecule has 36 heavy (non-hydrogen) atoms. The van der Waals surface area contributed by atoms with E-state index in [1.807, 2.05) is 30.3 Å². The molecule has 0 saturated carbocycles. The zero-order chi connectivity index (χ0) is 25.7. The average Bonchev–Trinajstić information content (AvgIpc) is 3.24. The number of ether oxygens (including phenoxy) is 3. The van der Waals surface area contributed by atoms with E-state index in [1.54, 1.807) is 11.8 Å². The van der Waals surface area contributed by atoms with Crippen LogP contribution >= 0.6 is 11.6 Å². The highest BCUT2D eigenvalue weighted by Gasteiger charge is 2.43. The Kier molecular flexibility index (Phi) is 8.56. The molecule has 0 spiro atoms. The average molecular weight is 518 g/mol. The van der Waals surface area contributed by atoms with Gasteiger partial charge in [0, 0.05) is 36.8 Å². The van der Waals surface area contributed by atoms with E-state index in [-0.39, 0.29) is 49.8 Å². The van der Waals surface area contributed by atoms with Gasteiger partial charge in [-0.05, 0) is 42.7 Å². The molecule has 1 aromatic carbocycles. The number of methoxy groups -OCH3 is 1. The number of hydrogen-bond donors (Lipinski definition) is 3. The molecule has 0 saturated heterocycles. The third-order valence-corrected chi connectivity index (χ3v) is 6.67. The van der Waals surface area contributed by atoms with Crippen LogP contribution in [0.15, 0.2) is 58.8 Å². The molecule has 1 aliphatic carbocycles. The second-order valence-electron chi connectivity index (χ2n) is 8.86. The molecule has 194 valence electrons. The fraction of sp³-hybridized carbons (Fsp3) is 0.462. The second-order valence-corrected chi connectivity index (χ2v) is 9.30. The number of aliphatic hydroxyl groups excluding tert-OH is 1. The molecule has 1 aromatic rings. The largest absolute Gasteiger partial charge is 0.491 e. The highest BCUT2D eigenvalue weighted by atomic mass is 35.5. The number of carbonyl (C=O) groups is 2. The van der Waals surface area contributed by atoms with Crippen molar-refractivity contribution in [2.24, 2.45) is 5.92 Å². The predicted molar refractivity (Wildman–Crippen MR) is 134 cm³/mol. The monoisotopic (exact) mass is 517 g/mol. The van der Waals surface area contributed by atoms with Gasteiger partial charge in [0.2, 0.25) is 5.91 Å². The molecule has 0 fully saturated rings. The van der Waals surface area contributed by atoms with Crippen molar-refractivity contribution in [1.29, 1.82) is 0 Å². The van der Waals surface area contributed by atoms with Crippen molar-refractivity contribution in [2.45, 2.75) is 31.5 Å². The third kappa shape index (κ3) is 5.86. The van der Waals surface area contributed by atoms with E-state index in [0.717, 1.165) is 22.7 Å². The van der Waals surface area contributed by atoms with Crippen molar-refractivity contribution < 1.29 is 28.9 Å². The summed E-state index contributed by atoms with van der Waals surface area (Å²) < 4.78 is 15.8. The number of fused-ring (bicyclic) bond motifs is 2. The Bertz CT molecular complexity index is 1050. The van der Waals surface area contributed by atoms with Gasteiger partial charge >= 0.3 is 6.09 Å². The maximum atomic E-state index is 12.8. The minimum absolute atomic E-state index is 0.0185. The summed E-state index contributed by atoms with van der Waals surface area (Å²) in [5.41, 5.74) is 3.18. The van der Waals surface area contributed by atoms with Gasteiger partial charge in [-0.1, -0.05) is 35.9 Å². The smallest absolute Gasteiger partial charge is 0.410 e. The van der Waals surface area contributed by atoms with E-state index in [1.165, 1.54) is 12.7 Å².